The third-order valence-electron chi connectivity index (χ3n) is 4.86. The predicted octanol–water partition coefficient (Wildman–Crippen LogP) is 5.28. The van der Waals surface area contributed by atoms with E-state index in [0.29, 0.717) is 39.5 Å². The number of nitrogens with zero attached hydrogens (tertiary/aromatic N) is 5. The van der Waals surface area contributed by atoms with E-state index in [1.165, 1.54) is 24.3 Å². The molecule has 3 aromatic carbocycles. The Hall–Kier alpha value is -4.44. The molecule has 0 spiro atoms. The molecule has 0 aliphatic carbocycles. The lowest BCUT2D eigenvalue weighted by Crippen LogP contribution is -2.01. The summed E-state index contributed by atoms with van der Waals surface area (Å²) in [5.41, 5.74) is 4.38. The first-order valence-electron chi connectivity index (χ1n) is 9.40. The maximum absolute atomic E-state index is 13.5. The van der Waals surface area contributed by atoms with Crippen molar-refractivity contribution in [3.05, 3.63) is 96.2 Å². The van der Waals surface area contributed by atoms with E-state index in [9.17, 15) is 8.78 Å². The van der Waals surface area contributed by atoms with Crippen LogP contribution in [0.5, 0.6) is 0 Å². The van der Waals surface area contributed by atoms with Crippen LogP contribution >= 0.6 is 0 Å². The number of imidazole rings is 1. The fourth-order valence-electron chi connectivity index (χ4n) is 3.29. The quantitative estimate of drug-likeness (QED) is 0.407. The summed E-state index contributed by atoms with van der Waals surface area (Å²) >= 11 is 0. The lowest BCUT2D eigenvalue weighted by atomic mass is 10.0. The average molecular weight is 409 g/mol. The van der Waals surface area contributed by atoms with Crippen molar-refractivity contribution in [1.29, 1.82) is 5.26 Å². The summed E-state index contributed by atoms with van der Waals surface area (Å²) in [6, 6.07) is 21.0. The van der Waals surface area contributed by atoms with Gasteiger partial charge in [0.1, 0.15) is 23.0 Å². The molecule has 31 heavy (non-hydrogen) atoms. The third kappa shape index (κ3) is 3.51. The van der Waals surface area contributed by atoms with E-state index in [1.807, 2.05) is 12.1 Å². The van der Waals surface area contributed by atoms with Gasteiger partial charge in [-0.25, -0.2) is 23.3 Å². The molecule has 0 saturated carbocycles. The molecule has 0 fully saturated rings. The van der Waals surface area contributed by atoms with Crippen molar-refractivity contribution < 1.29 is 8.78 Å². The third-order valence-corrected chi connectivity index (χ3v) is 4.86. The number of nitriles is 1. The molecule has 0 N–H and O–H groups in total. The number of hydrogen-bond donors (Lipinski definition) is 0. The highest BCUT2D eigenvalue weighted by Crippen LogP contribution is 2.30. The zero-order chi connectivity index (χ0) is 21.4. The Kier molecular flexibility index (Phi) is 4.45. The van der Waals surface area contributed by atoms with Crippen molar-refractivity contribution in [1.82, 2.24) is 19.6 Å². The van der Waals surface area contributed by atoms with Gasteiger partial charge in [-0.05, 0) is 60.7 Å². The zero-order valence-corrected chi connectivity index (χ0v) is 16.0. The zero-order valence-electron chi connectivity index (χ0n) is 16.0. The minimum Gasteiger partial charge on any atom is -0.209 e. The maximum Gasteiger partial charge on any atom is 0.251 e. The van der Waals surface area contributed by atoms with Gasteiger partial charge in [-0.15, -0.1) is 0 Å². The lowest BCUT2D eigenvalue weighted by Gasteiger charge is -2.09. The van der Waals surface area contributed by atoms with Gasteiger partial charge in [0.2, 0.25) is 0 Å². The minimum absolute atomic E-state index is 0.355. The lowest BCUT2D eigenvalue weighted by molar-refractivity contribution is 0.627. The molecule has 0 atom stereocenters. The Labute approximate surface area is 175 Å². The van der Waals surface area contributed by atoms with Crippen LogP contribution in [0, 0.1) is 23.0 Å². The first kappa shape index (κ1) is 18.6. The van der Waals surface area contributed by atoms with Crippen LogP contribution in [0.1, 0.15) is 5.56 Å². The van der Waals surface area contributed by atoms with Crippen LogP contribution in [0.15, 0.2) is 79.0 Å². The highest BCUT2D eigenvalue weighted by atomic mass is 19.1. The number of rotatable bonds is 3. The highest BCUT2D eigenvalue weighted by Gasteiger charge is 2.16. The molecule has 5 nitrogen and oxygen atoms in total. The molecule has 2 heterocycles. The molecular formula is C24H13F2N5. The van der Waals surface area contributed by atoms with Crippen molar-refractivity contribution in [2.45, 2.75) is 0 Å². The van der Waals surface area contributed by atoms with E-state index in [0.717, 1.165) is 5.56 Å². The van der Waals surface area contributed by atoms with Crippen molar-refractivity contribution >= 4 is 5.78 Å². The Morgan fingerprint density at radius 2 is 1.23 bits per heavy atom. The molecule has 5 aromatic rings. The van der Waals surface area contributed by atoms with Crippen LogP contribution in [0.25, 0.3) is 39.5 Å². The van der Waals surface area contributed by atoms with E-state index < -0.39 is 0 Å². The second-order valence-electron chi connectivity index (χ2n) is 6.88. The van der Waals surface area contributed by atoms with Gasteiger partial charge in [0.15, 0.2) is 0 Å². The van der Waals surface area contributed by atoms with E-state index in [4.69, 9.17) is 5.26 Å². The molecule has 148 valence electrons. The molecule has 0 bridgehead atoms. The molecule has 2 aromatic heterocycles. The van der Waals surface area contributed by atoms with Crippen LogP contribution in [-0.4, -0.2) is 19.6 Å². The van der Waals surface area contributed by atoms with Crippen molar-refractivity contribution in [3.8, 4) is 39.8 Å². The summed E-state index contributed by atoms with van der Waals surface area (Å²) in [5.74, 6) is -0.346. The Bertz CT molecular complexity index is 1350. The van der Waals surface area contributed by atoms with E-state index >= 15 is 0 Å². The molecule has 5 rings (SSSR count). The van der Waals surface area contributed by atoms with Crippen molar-refractivity contribution in [2.24, 2.45) is 0 Å². The van der Waals surface area contributed by atoms with E-state index in [1.54, 1.807) is 47.1 Å². The first-order valence-corrected chi connectivity index (χ1v) is 9.40. The Morgan fingerprint density at radius 1 is 0.677 bits per heavy atom. The molecular weight excluding hydrogens is 396 g/mol. The predicted molar refractivity (Wildman–Crippen MR) is 112 cm³/mol. The molecule has 0 radical (unpaired) electrons. The van der Waals surface area contributed by atoms with Gasteiger partial charge in [-0.1, -0.05) is 12.1 Å². The molecule has 7 heteroatoms. The summed E-state index contributed by atoms with van der Waals surface area (Å²) in [5, 5.41) is 13.7. The first-order chi connectivity index (χ1) is 15.1. The van der Waals surface area contributed by atoms with Crippen molar-refractivity contribution in [2.75, 3.05) is 0 Å². The summed E-state index contributed by atoms with van der Waals surface area (Å²) in [6.45, 7) is 0. The molecule has 0 amide bonds. The fourth-order valence-corrected chi connectivity index (χ4v) is 3.29. The Morgan fingerprint density at radius 3 is 1.81 bits per heavy atom. The molecule has 0 aliphatic rings. The molecule has 0 saturated heterocycles. The largest absolute Gasteiger partial charge is 0.251 e. The van der Waals surface area contributed by atoms with Crippen LogP contribution in [-0.2, 0) is 0 Å². The monoisotopic (exact) mass is 409 g/mol. The normalized spacial score (nSPS) is 10.9. The van der Waals surface area contributed by atoms with Crippen LogP contribution in [0.2, 0.25) is 0 Å². The van der Waals surface area contributed by atoms with Crippen LogP contribution in [0.3, 0.4) is 0 Å². The number of hydrogen-bond acceptors (Lipinski definition) is 4. The fraction of sp³-hybridized carbons (Fsp3) is 0. The van der Waals surface area contributed by atoms with E-state index in [2.05, 4.69) is 21.1 Å². The average Bonchev–Trinajstić information content (AvgIpc) is 3.22. The second-order valence-corrected chi connectivity index (χ2v) is 6.88. The standard InChI is InChI=1S/C24H13F2N5/c25-19-9-5-17(6-10-19)22-23(18-7-11-20(26)12-8-18)30-31-14-21(28-24(31)29-22)16-3-1-15(13-27)2-4-16/h1-12,14H. The van der Waals surface area contributed by atoms with Crippen LogP contribution < -0.4 is 0 Å². The number of fused-ring (bicyclic) bond motifs is 1. The summed E-state index contributed by atoms with van der Waals surface area (Å²) in [4.78, 5) is 9.24. The van der Waals surface area contributed by atoms with Gasteiger partial charge in [-0.2, -0.15) is 10.4 Å². The van der Waals surface area contributed by atoms with Gasteiger partial charge in [0.25, 0.3) is 5.78 Å². The SMILES string of the molecule is N#Cc1ccc(-c2cn3nc(-c4ccc(F)cc4)c(-c4ccc(F)cc4)nc3n2)cc1. The van der Waals surface area contributed by atoms with Gasteiger partial charge in [0, 0.05) is 16.7 Å². The topological polar surface area (TPSA) is 66.9 Å². The van der Waals surface area contributed by atoms with Gasteiger partial charge < -0.3 is 0 Å². The number of benzene rings is 3. The molecule has 0 aliphatic heterocycles. The number of aromatic nitrogens is 4. The highest BCUT2D eigenvalue weighted by molar-refractivity contribution is 5.78. The number of halogens is 2. The van der Waals surface area contributed by atoms with Gasteiger partial charge >= 0.3 is 0 Å². The minimum atomic E-state index is -0.356. The van der Waals surface area contributed by atoms with Crippen LogP contribution in [0.4, 0.5) is 8.78 Å². The second kappa shape index (κ2) is 7.43. The van der Waals surface area contributed by atoms with Gasteiger partial charge in [0.05, 0.1) is 23.5 Å². The summed E-state index contributed by atoms with van der Waals surface area (Å²) < 4.78 is 28.5. The smallest absolute Gasteiger partial charge is 0.209 e. The maximum atomic E-state index is 13.5. The van der Waals surface area contributed by atoms with Crippen molar-refractivity contribution in [3.63, 3.8) is 0 Å². The van der Waals surface area contributed by atoms with E-state index in [-0.39, 0.29) is 11.6 Å². The van der Waals surface area contributed by atoms with Gasteiger partial charge in [-0.3, -0.25) is 0 Å². The summed E-state index contributed by atoms with van der Waals surface area (Å²) in [7, 11) is 0. The molecule has 0 unspecified atom stereocenters. The summed E-state index contributed by atoms with van der Waals surface area (Å²) in [6.07, 6.45) is 1.74. The Balaban J connectivity index is 1.70.